The molecule has 0 aliphatic carbocycles. The molecule has 2 heteroatoms. The van der Waals surface area contributed by atoms with Crippen LogP contribution in [0.5, 0.6) is 0 Å². The van der Waals surface area contributed by atoms with Crippen LogP contribution < -0.4 is 0 Å². The van der Waals surface area contributed by atoms with Gasteiger partial charge in [0.15, 0.2) is 0 Å². The number of rotatable bonds is 4. The molecule has 0 heterocycles. The minimum atomic E-state index is -0.412. The molecule has 0 spiro atoms. The molecule has 1 aromatic rings. The number of hydrogen-bond donors (Lipinski definition) is 0. The number of aryl methyl sites for hydroxylation is 2. The lowest BCUT2D eigenvalue weighted by Gasteiger charge is -2.06. The molecule has 1 nitrogen and oxygen atoms in total. The Kier molecular flexibility index (Phi) is 3.90. The third-order valence-corrected chi connectivity index (χ3v) is 1.98. The summed E-state index contributed by atoms with van der Waals surface area (Å²) in [5.41, 5.74) is 3.59. The van der Waals surface area contributed by atoms with E-state index in [0.29, 0.717) is 6.61 Å². The highest BCUT2D eigenvalue weighted by Crippen LogP contribution is 2.11. The van der Waals surface area contributed by atoms with E-state index in [1.165, 1.54) is 11.1 Å². The Labute approximate surface area is 78.5 Å². The first-order valence-corrected chi connectivity index (χ1v) is 4.44. The maximum Gasteiger partial charge on any atom is 0.113 e. The zero-order valence-corrected chi connectivity index (χ0v) is 8.14. The van der Waals surface area contributed by atoms with Crippen LogP contribution >= 0.6 is 0 Å². The fourth-order valence-corrected chi connectivity index (χ4v) is 1.24. The number of alkyl halides is 1. The predicted molar refractivity (Wildman–Crippen MR) is 51.5 cm³/mol. The van der Waals surface area contributed by atoms with Crippen molar-refractivity contribution in [2.45, 2.75) is 20.5 Å². The van der Waals surface area contributed by atoms with Gasteiger partial charge in [-0.25, -0.2) is 4.39 Å². The fourth-order valence-electron chi connectivity index (χ4n) is 1.24. The van der Waals surface area contributed by atoms with Crippen molar-refractivity contribution in [3.8, 4) is 0 Å². The van der Waals surface area contributed by atoms with Crippen LogP contribution in [-0.2, 0) is 11.3 Å². The number of halogens is 1. The molecular weight excluding hydrogens is 167 g/mol. The highest BCUT2D eigenvalue weighted by molar-refractivity contribution is 5.29. The highest BCUT2D eigenvalue weighted by atomic mass is 19.1. The lowest BCUT2D eigenvalue weighted by atomic mass is 10.1. The Hall–Kier alpha value is -0.890. The summed E-state index contributed by atoms with van der Waals surface area (Å²) < 4.78 is 16.9. The maximum absolute atomic E-state index is 11.7. The molecule has 0 unspecified atom stereocenters. The molecule has 0 aliphatic heterocycles. The second-order valence-corrected chi connectivity index (χ2v) is 3.17. The van der Waals surface area contributed by atoms with E-state index in [1.54, 1.807) is 0 Å². The topological polar surface area (TPSA) is 9.23 Å². The van der Waals surface area contributed by atoms with Gasteiger partial charge in [0, 0.05) is 0 Å². The molecule has 0 atom stereocenters. The van der Waals surface area contributed by atoms with E-state index in [1.807, 2.05) is 19.1 Å². The Morgan fingerprint density at radius 2 is 2.08 bits per heavy atom. The van der Waals surface area contributed by atoms with Gasteiger partial charge in [-0.15, -0.1) is 0 Å². The van der Waals surface area contributed by atoms with Crippen LogP contribution in [0, 0.1) is 13.8 Å². The van der Waals surface area contributed by atoms with Crippen molar-refractivity contribution < 1.29 is 9.13 Å². The molecule has 0 radical (unpaired) electrons. The van der Waals surface area contributed by atoms with Gasteiger partial charge in [0.2, 0.25) is 0 Å². The Morgan fingerprint density at radius 1 is 1.31 bits per heavy atom. The van der Waals surface area contributed by atoms with Gasteiger partial charge < -0.3 is 4.74 Å². The molecule has 13 heavy (non-hydrogen) atoms. The summed E-state index contributed by atoms with van der Waals surface area (Å²) in [6, 6.07) is 6.18. The van der Waals surface area contributed by atoms with Gasteiger partial charge in [-0.05, 0) is 25.0 Å². The first-order chi connectivity index (χ1) is 6.24. The van der Waals surface area contributed by atoms with Crippen molar-refractivity contribution >= 4 is 0 Å². The van der Waals surface area contributed by atoms with Crippen LogP contribution in [-0.4, -0.2) is 13.3 Å². The minimum absolute atomic E-state index is 0.188. The van der Waals surface area contributed by atoms with Crippen molar-refractivity contribution in [2.75, 3.05) is 13.3 Å². The number of hydrogen-bond acceptors (Lipinski definition) is 1. The second-order valence-electron chi connectivity index (χ2n) is 3.17. The molecule has 0 amide bonds. The van der Waals surface area contributed by atoms with Crippen LogP contribution in [0.3, 0.4) is 0 Å². The molecular formula is C11H15FO. The van der Waals surface area contributed by atoms with Gasteiger partial charge in [0.05, 0.1) is 13.2 Å². The molecule has 0 N–H and O–H groups in total. The van der Waals surface area contributed by atoms with E-state index in [-0.39, 0.29) is 6.61 Å². The summed E-state index contributed by atoms with van der Waals surface area (Å²) in [5, 5.41) is 0. The summed E-state index contributed by atoms with van der Waals surface area (Å²) in [6.07, 6.45) is 0. The zero-order valence-electron chi connectivity index (χ0n) is 8.14. The van der Waals surface area contributed by atoms with Crippen LogP contribution in [0.25, 0.3) is 0 Å². The van der Waals surface area contributed by atoms with Crippen LogP contribution in [0.2, 0.25) is 0 Å². The molecule has 1 aromatic carbocycles. The smallest absolute Gasteiger partial charge is 0.113 e. The summed E-state index contributed by atoms with van der Waals surface area (Å²) in [4.78, 5) is 0. The lowest BCUT2D eigenvalue weighted by molar-refractivity contribution is 0.106. The predicted octanol–water partition coefficient (Wildman–Crippen LogP) is 2.79. The molecule has 0 saturated carbocycles. The number of benzene rings is 1. The second kappa shape index (κ2) is 4.97. The Bertz CT molecular complexity index is 271. The Balaban J connectivity index is 2.56. The minimum Gasteiger partial charge on any atom is -0.374 e. The Morgan fingerprint density at radius 3 is 2.69 bits per heavy atom. The van der Waals surface area contributed by atoms with E-state index in [2.05, 4.69) is 13.0 Å². The van der Waals surface area contributed by atoms with Gasteiger partial charge >= 0.3 is 0 Å². The van der Waals surface area contributed by atoms with Gasteiger partial charge in [-0.1, -0.05) is 23.8 Å². The van der Waals surface area contributed by atoms with Gasteiger partial charge in [-0.2, -0.15) is 0 Å². The van der Waals surface area contributed by atoms with Crippen molar-refractivity contribution in [2.24, 2.45) is 0 Å². The van der Waals surface area contributed by atoms with Gasteiger partial charge in [0.25, 0.3) is 0 Å². The summed E-state index contributed by atoms with van der Waals surface area (Å²) in [5.74, 6) is 0. The third-order valence-electron chi connectivity index (χ3n) is 1.98. The SMILES string of the molecule is Cc1ccc(COCCF)c(C)c1. The van der Waals surface area contributed by atoms with Crippen molar-refractivity contribution in [1.29, 1.82) is 0 Å². The van der Waals surface area contributed by atoms with Gasteiger partial charge in [0.1, 0.15) is 6.67 Å². The molecule has 0 fully saturated rings. The normalized spacial score (nSPS) is 10.4. The average molecular weight is 182 g/mol. The van der Waals surface area contributed by atoms with E-state index in [0.717, 1.165) is 5.56 Å². The summed E-state index contributed by atoms with van der Waals surface area (Å²) in [6.45, 7) is 4.38. The standard InChI is InChI=1S/C11H15FO/c1-9-3-4-11(10(2)7-9)8-13-6-5-12/h3-4,7H,5-6,8H2,1-2H3. The lowest BCUT2D eigenvalue weighted by Crippen LogP contribution is -1.98. The van der Waals surface area contributed by atoms with E-state index in [9.17, 15) is 4.39 Å². The monoisotopic (exact) mass is 182 g/mol. The maximum atomic E-state index is 11.7. The first-order valence-electron chi connectivity index (χ1n) is 4.44. The van der Waals surface area contributed by atoms with Crippen molar-refractivity contribution in [3.05, 3.63) is 34.9 Å². The molecule has 0 aliphatic rings. The van der Waals surface area contributed by atoms with Crippen LogP contribution in [0.15, 0.2) is 18.2 Å². The van der Waals surface area contributed by atoms with E-state index in [4.69, 9.17) is 4.74 Å². The third kappa shape index (κ3) is 3.15. The summed E-state index contributed by atoms with van der Waals surface area (Å²) >= 11 is 0. The fraction of sp³-hybridized carbons (Fsp3) is 0.455. The quantitative estimate of drug-likeness (QED) is 0.650. The first kappa shape index (κ1) is 10.2. The largest absolute Gasteiger partial charge is 0.374 e. The summed E-state index contributed by atoms with van der Waals surface area (Å²) in [7, 11) is 0. The van der Waals surface area contributed by atoms with Crippen LogP contribution in [0.1, 0.15) is 16.7 Å². The van der Waals surface area contributed by atoms with Crippen molar-refractivity contribution in [3.63, 3.8) is 0 Å². The molecule has 0 bridgehead atoms. The van der Waals surface area contributed by atoms with Crippen molar-refractivity contribution in [1.82, 2.24) is 0 Å². The van der Waals surface area contributed by atoms with Crippen LogP contribution in [0.4, 0.5) is 4.39 Å². The average Bonchev–Trinajstić information content (AvgIpc) is 2.09. The molecule has 0 aromatic heterocycles. The number of ether oxygens (including phenoxy) is 1. The van der Waals surface area contributed by atoms with Gasteiger partial charge in [-0.3, -0.25) is 0 Å². The molecule has 1 rings (SSSR count). The highest BCUT2D eigenvalue weighted by Gasteiger charge is 1.97. The molecule has 0 saturated heterocycles. The molecule has 72 valence electrons. The van der Waals surface area contributed by atoms with E-state index < -0.39 is 6.67 Å². The van der Waals surface area contributed by atoms with E-state index >= 15 is 0 Å². The zero-order chi connectivity index (χ0) is 9.68.